The lowest BCUT2D eigenvalue weighted by Crippen LogP contribution is -2.44. The van der Waals surface area contributed by atoms with Gasteiger partial charge >= 0.3 is 11.2 Å². The van der Waals surface area contributed by atoms with Gasteiger partial charge in [0.25, 0.3) is 5.88 Å². The fourth-order valence-corrected chi connectivity index (χ4v) is 2.13. The van der Waals surface area contributed by atoms with Crippen LogP contribution in [0.2, 0.25) is 0 Å². The van der Waals surface area contributed by atoms with E-state index in [0.29, 0.717) is 0 Å². The zero-order valence-electron chi connectivity index (χ0n) is 9.66. The first-order chi connectivity index (χ1) is 8.20. The Balaban J connectivity index is 2.13. The van der Waals surface area contributed by atoms with Crippen LogP contribution in [0.1, 0.15) is 25.7 Å². The Morgan fingerprint density at radius 1 is 1.35 bits per heavy atom. The summed E-state index contributed by atoms with van der Waals surface area (Å²) in [6.07, 6.45) is 4.05. The average molecular weight is 240 g/mol. The minimum Gasteiger partial charge on any atom is -0.468 e. The molecule has 7 nitrogen and oxygen atoms in total. The molecule has 0 saturated heterocycles. The molecule has 17 heavy (non-hydrogen) atoms. The highest BCUT2D eigenvalue weighted by Crippen LogP contribution is 2.21. The molecular weight excluding hydrogens is 224 g/mol. The van der Waals surface area contributed by atoms with Gasteiger partial charge in [0.2, 0.25) is 0 Å². The summed E-state index contributed by atoms with van der Waals surface area (Å²) in [7, 11) is 1.87. The van der Waals surface area contributed by atoms with Gasteiger partial charge in [-0.1, -0.05) is 6.42 Å². The van der Waals surface area contributed by atoms with E-state index in [1.54, 1.807) is 0 Å². The van der Waals surface area contributed by atoms with E-state index in [9.17, 15) is 9.59 Å². The van der Waals surface area contributed by atoms with Crippen molar-refractivity contribution in [3.05, 3.63) is 20.8 Å². The van der Waals surface area contributed by atoms with Gasteiger partial charge < -0.3 is 10.1 Å². The maximum atomic E-state index is 11.4. The second kappa shape index (κ2) is 5.13. The number of nitrogens with one attached hydrogen (secondary N) is 3. The van der Waals surface area contributed by atoms with Crippen LogP contribution in [0.5, 0.6) is 5.88 Å². The van der Waals surface area contributed by atoms with Crippen molar-refractivity contribution in [1.82, 2.24) is 20.5 Å². The van der Waals surface area contributed by atoms with Crippen LogP contribution in [0.3, 0.4) is 0 Å². The number of aromatic nitrogens is 3. The smallest absolute Gasteiger partial charge is 0.342 e. The van der Waals surface area contributed by atoms with Gasteiger partial charge in [-0.2, -0.15) is 0 Å². The molecule has 0 radical (unpaired) electrons. The molecule has 2 atom stereocenters. The zero-order valence-corrected chi connectivity index (χ0v) is 9.66. The van der Waals surface area contributed by atoms with Gasteiger partial charge in [0, 0.05) is 6.04 Å². The molecule has 1 aromatic rings. The molecule has 1 aliphatic carbocycles. The van der Waals surface area contributed by atoms with E-state index in [2.05, 4.69) is 20.5 Å². The van der Waals surface area contributed by atoms with Crippen LogP contribution < -0.4 is 21.3 Å². The Morgan fingerprint density at radius 2 is 2.12 bits per heavy atom. The molecule has 0 bridgehead atoms. The summed E-state index contributed by atoms with van der Waals surface area (Å²) in [5.41, 5.74) is -1.22. The van der Waals surface area contributed by atoms with Crippen LogP contribution in [-0.4, -0.2) is 34.4 Å². The molecule has 0 aromatic carbocycles. The Labute approximate surface area is 97.6 Å². The molecule has 2 rings (SSSR count). The van der Waals surface area contributed by atoms with Crippen molar-refractivity contribution >= 4 is 0 Å². The van der Waals surface area contributed by atoms with Gasteiger partial charge in [-0.05, 0) is 26.3 Å². The van der Waals surface area contributed by atoms with Crippen LogP contribution in [0.4, 0.5) is 0 Å². The lowest BCUT2D eigenvalue weighted by molar-refractivity contribution is 0.109. The minimum absolute atomic E-state index is 0.0725. The third-order valence-electron chi connectivity index (χ3n) is 3.02. The fraction of sp³-hybridized carbons (Fsp3) is 0.700. The number of H-pyrrole nitrogens is 2. The maximum absolute atomic E-state index is 11.4. The molecule has 3 N–H and O–H groups in total. The lowest BCUT2D eigenvalue weighted by Gasteiger charge is -2.30. The molecule has 0 amide bonds. The van der Waals surface area contributed by atoms with E-state index in [1.807, 2.05) is 7.05 Å². The second-order valence-electron chi connectivity index (χ2n) is 4.15. The quantitative estimate of drug-likeness (QED) is 0.653. The van der Waals surface area contributed by atoms with E-state index in [-0.39, 0.29) is 18.0 Å². The van der Waals surface area contributed by atoms with E-state index in [0.717, 1.165) is 25.7 Å². The maximum Gasteiger partial charge on any atom is 0.342 e. The number of nitrogens with zero attached hydrogens (tertiary/aromatic N) is 1. The monoisotopic (exact) mass is 240 g/mol. The molecule has 1 saturated carbocycles. The van der Waals surface area contributed by atoms with E-state index < -0.39 is 11.2 Å². The van der Waals surface area contributed by atoms with Gasteiger partial charge in [0.15, 0.2) is 0 Å². The summed E-state index contributed by atoms with van der Waals surface area (Å²) < 4.78 is 5.56. The van der Waals surface area contributed by atoms with Crippen LogP contribution in [0, 0.1) is 0 Å². The molecule has 0 spiro atoms. The van der Waals surface area contributed by atoms with Crippen LogP contribution in [0.15, 0.2) is 9.59 Å². The van der Waals surface area contributed by atoms with E-state index in [1.165, 1.54) is 0 Å². The predicted octanol–water partition coefficient (Wildman–Crippen LogP) is -0.632. The van der Waals surface area contributed by atoms with E-state index in [4.69, 9.17) is 4.74 Å². The first kappa shape index (κ1) is 11.8. The molecule has 7 heteroatoms. The highest BCUT2D eigenvalue weighted by Gasteiger charge is 2.26. The first-order valence-electron chi connectivity index (χ1n) is 5.73. The Hall–Kier alpha value is -1.63. The SMILES string of the molecule is CNC1CCCCC1Oc1n[nH]c(=O)[nH]c1=O. The Bertz CT molecular complexity index is 481. The van der Waals surface area contributed by atoms with Gasteiger partial charge in [0.05, 0.1) is 0 Å². The van der Waals surface area contributed by atoms with E-state index >= 15 is 0 Å². The summed E-state index contributed by atoms with van der Waals surface area (Å²) in [6.45, 7) is 0. The molecule has 0 aliphatic heterocycles. The van der Waals surface area contributed by atoms with Crippen molar-refractivity contribution in [2.75, 3.05) is 7.05 Å². The fourth-order valence-electron chi connectivity index (χ4n) is 2.13. The number of likely N-dealkylation sites (N-methyl/N-ethyl adjacent to an activating group) is 1. The predicted molar refractivity (Wildman–Crippen MR) is 61.2 cm³/mol. The molecular formula is C10H16N4O3. The molecule has 1 aliphatic rings. The Morgan fingerprint density at radius 3 is 2.82 bits per heavy atom. The van der Waals surface area contributed by atoms with Gasteiger partial charge in [-0.3, -0.25) is 9.78 Å². The summed E-state index contributed by atoms with van der Waals surface area (Å²) in [6, 6.07) is 0.219. The van der Waals surface area contributed by atoms with Gasteiger partial charge in [-0.15, -0.1) is 5.10 Å². The summed E-state index contributed by atoms with van der Waals surface area (Å²) in [4.78, 5) is 24.3. The van der Waals surface area contributed by atoms with Crippen LogP contribution in [-0.2, 0) is 0 Å². The van der Waals surface area contributed by atoms with Crippen molar-refractivity contribution in [3.63, 3.8) is 0 Å². The number of hydrogen-bond acceptors (Lipinski definition) is 5. The highest BCUT2D eigenvalue weighted by molar-refractivity contribution is 5.01. The third kappa shape index (κ3) is 2.73. The lowest BCUT2D eigenvalue weighted by atomic mass is 9.92. The topological polar surface area (TPSA) is 99.9 Å². The number of rotatable bonds is 3. The summed E-state index contributed by atoms with van der Waals surface area (Å²) in [5, 5.41) is 8.93. The first-order valence-corrected chi connectivity index (χ1v) is 5.73. The average Bonchev–Trinajstić information content (AvgIpc) is 2.33. The third-order valence-corrected chi connectivity index (χ3v) is 3.02. The van der Waals surface area contributed by atoms with Crippen LogP contribution in [0.25, 0.3) is 0 Å². The van der Waals surface area contributed by atoms with Crippen molar-refractivity contribution in [2.24, 2.45) is 0 Å². The minimum atomic E-state index is -0.629. The number of ether oxygens (including phenoxy) is 1. The molecule has 94 valence electrons. The Kier molecular flexibility index (Phi) is 3.58. The second-order valence-corrected chi connectivity index (χ2v) is 4.15. The zero-order chi connectivity index (χ0) is 12.3. The van der Waals surface area contributed by atoms with Gasteiger partial charge in [-0.25, -0.2) is 9.89 Å². The van der Waals surface area contributed by atoms with Crippen LogP contribution >= 0.6 is 0 Å². The number of hydrogen-bond donors (Lipinski definition) is 3. The van der Waals surface area contributed by atoms with Crippen molar-refractivity contribution in [1.29, 1.82) is 0 Å². The summed E-state index contributed by atoms with van der Waals surface area (Å²) >= 11 is 0. The highest BCUT2D eigenvalue weighted by atomic mass is 16.5. The standard InChI is InChI=1S/C10H16N4O3/c1-11-6-4-2-3-5-7(6)17-9-8(15)12-10(16)14-13-9/h6-7,11H,2-5H2,1H3,(H2,12,14,15,16). The molecule has 1 aromatic heterocycles. The largest absolute Gasteiger partial charge is 0.468 e. The van der Waals surface area contributed by atoms with Crippen molar-refractivity contribution in [2.45, 2.75) is 37.8 Å². The normalized spacial score (nSPS) is 24.5. The molecule has 1 fully saturated rings. The molecule has 1 heterocycles. The van der Waals surface area contributed by atoms with Gasteiger partial charge in [0.1, 0.15) is 6.10 Å². The van der Waals surface area contributed by atoms with Crippen molar-refractivity contribution < 1.29 is 4.74 Å². The number of aromatic amines is 2. The summed E-state index contributed by atoms with van der Waals surface area (Å²) in [5.74, 6) is -0.0725. The van der Waals surface area contributed by atoms with Crippen molar-refractivity contribution in [3.8, 4) is 5.88 Å². The molecule has 2 unspecified atom stereocenters.